The Kier molecular flexibility index (Phi) is 6.53. The zero-order chi connectivity index (χ0) is 13.0. The number of fused-ring (bicyclic) bond motifs is 1. The average Bonchev–Trinajstić information content (AvgIpc) is 2.76. The molecule has 1 heterocycles. The first-order valence-electron chi connectivity index (χ1n) is 6.40. The smallest absolute Gasteiger partial charge is 0.303 e. The minimum atomic E-state index is -0.750. The molecule has 5 heteroatoms. The van der Waals surface area contributed by atoms with Crippen molar-refractivity contribution in [2.75, 3.05) is 24.6 Å². The quantitative estimate of drug-likeness (QED) is 0.714. The molecule has 104 valence electrons. The van der Waals surface area contributed by atoms with Crippen molar-refractivity contribution >= 4 is 11.7 Å². The zero-order valence-corrected chi connectivity index (χ0v) is 13.8. The number of aryl methyl sites for hydroxylation is 1. The Bertz CT molecular complexity index is 437. The monoisotopic (exact) mass is 433 g/mol. The van der Waals surface area contributed by atoms with E-state index in [1.165, 1.54) is 11.3 Å². The number of benzene rings is 1. The van der Waals surface area contributed by atoms with E-state index in [1.807, 2.05) is 6.07 Å². The van der Waals surface area contributed by atoms with Crippen molar-refractivity contribution in [3.63, 3.8) is 0 Å². The molecule has 19 heavy (non-hydrogen) atoms. The summed E-state index contributed by atoms with van der Waals surface area (Å²) in [6, 6.07) is 6.22. The molecule has 0 spiro atoms. The summed E-state index contributed by atoms with van der Waals surface area (Å²) < 4.78 is 0. The summed E-state index contributed by atoms with van der Waals surface area (Å²) in [5.41, 5.74) is 3.64. The van der Waals surface area contributed by atoms with Crippen LogP contribution in [0.5, 0.6) is 0 Å². The van der Waals surface area contributed by atoms with Crippen LogP contribution in [0.1, 0.15) is 24.0 Å². The molecule has 0 fully saturated rings. The van der Waals surface area contributed by atoms with Crippen molar-refractivity contribution in [2.45, 2.75) is 25.7 Å². The van der Waals surface area contributed by atoms with Gasteiger partial charge in [0.15, 0.2) is 0 Å². The van der Waals surface area contributed by atoms with Gasteiger partial charge in [-0.25, -0.2) is 0 Å². The van der Waals surface area contributed by atoms with Crippen molar-refractivity contribution in [1.29, 1.82) is 0 Å². The second-order valence-electron chi connectivity index (χ2n) is 4.67. The molecular formula is C14H19NO3W. The Morgan fingerprint density at radius 3 is 2.84 bits per heavy atom. The summed E-state index contributed by atoms with van der Waals surface area (Å²) in [6.07, 6.45) is 2.59. The largest absolute Gasteiger partial charge is 0.481 e. The number of rotatable bonds is 6. The van der Waals surface area contributed by atoms with E-state index in [4.69, 9.17) is 10.2 Å². The minimum Gasteiger partial charge on any atom is -0.481 e. The van der Waals surface area contributed by atoms with Crippen molar-refractivity contribution in [3.8, 4) is 0 Å². The molecular weight excluding hydrogens is 414 g/mol. The van der Waals surface area contributed by atoms with Crippen molar-refractivity contribution in [3.05, 3.63) is 29.3 Å². The van der Waals surface area contributed by atoms with E-state index in [-0.39, 0.29) is 34.1 Å². The summed E-state index contributed by atoms with van der Waals surface area (Å²) in [4.78, 5) is 12.8. The van der Waals surface area contributed by atoms with E-state index in [0.717, 1.165) is 31.5 Å². The standard InChI is InChI=1S/C14H19NO3.W/c16-9-1-7-15-8-6-12-10-11(2-4-13(12)15)3-5-14(17)18;/h2,4,10,16H,1,3,5-9H2,(H,17,18);. The second-order valence-corrected chi connectivity index (χ2v) is 4.67. The molecule has 1 aromatic rings. The number of carboxylic acid groups (broad SMARTS) is 1. The topological polar surface area (TPSA) is 60.8 Å². The zero-order valence-electron chi connectivity index (χ0n) is 10.8. The van der Waals surface area contributed by atoms with Gasteiger partial charge in [0.05, 0.1) is 0 Å². The Morgan fingerprint density at radius 2 is 2.16 bits per heavy atom. The predicted molar refractivity (Wildman–Crippen MR) is 70.0 cm³/mol. The fraction of sp³-hybridized carbons (Fsp3) is 0.500. The molecule has 0 bridgehead atoms. The van der Waals surface area contributed by atoms with Crippen LogP contribution in [0, 0.1) is 0 Å². The third kappa shape index (κ3) is 4.32. The summed E-state index contributed by atoms with van der Waals surface area (Å²) in [5, 5.41) is 17.5. The number of anilines is 1. The number of aliphatic hydroxyl groups is 1. The first kappa shape index (κ1) is 16.2. The first-order valence-corrected chi connectivity index (χ1v) is 6.40. The third-order valence-corrected chi connectivity index (χ3v) is 3.35. The van der Waals surface area contributed by atoms with E-state index >= 15 is 0 Å². The van der Waals surface area contributed by atoms with Crippen LogP contribution in [0.4, 0.5) is 5.69 Å². The maximum absolute atomic E-state index is 10.5. The van der Waals surface area contributed by atoms with E-state index in [0.29, 0.717) is 6.42 Å². The molecule has 0 aliphatic carbocycles. The van der Waals surface area contributed by atoms with Crippen molar-refractivity contribution in [2.24, 2.45) is 0 Å². The molecule has 0 amide bonds. The fourth-order valence-corrected chi connectivity index (χ4v) is 2.42. The fourth-order valence-electron chi connectivity index (χ4n) is 2.42. The molecule has 1 aromatic carbocycles. The molecule has 0 aromatic heterocycles. The molecule has 0 atom stereocenters. The Balaban J connectivity index is 0.00000180. The van der Waals surface area contributed by atoms with Crippen LogP contribution in [-0.4, -0.2) is 35.9 Å². The van der Waals surface area contributed by atoms with Crippen LogP contribution < -0.4 is 4.90 Å². The van der Waals surface area contributed by atoms with Crippen LogP contribution in [0.25, 0.3) is 0 Å². The Labute approximate surface area is 127 Å². The van der Waals surface area contributed by atoms with Gasteiger partial charge in [-0.3, -0.25) is 4.79 Å². The number of carboxylic acids is 1. The van der Waals surface area contributed by atoms with Gasteiger partial charge in [0.25, 0.3) is 0 Å². The first-order chi connectivity index (χ1) is 8.70. The van der Waals surface area contributed by atoms with E-state index in [9.17, 15) is 4.79 Å². The SMILES string of the molecule is O=C(O)CCc1ccc2c(c1)CCN2CCCO.[W]. The molecule has 0 unspecified atom stereocenters. The van der Waals surface area contributed by atoms with E-state index in [1.54, 1.807) is 0 Å². The van der Waals surface area contributed by atoms with Crippen molar-refractivity contribution < 1.29 is 36.1 Å². The van der Waals surface area contributed by atoms with Crippen LogP contribution in [0.15, 0.2) is 18.2 Å². The van der Waals surface area contributed by atoms with Gasteiger partial charge in [0, 0.05) is 52.9 Å². The maximum Gasteiger partial charge on any atom is 0.303 e. The Hall–Kier alpha value is -0.862. The van der Waals surface area contributed by atoms with Gasteiger partial charge in [-0.2, -0.15) is 0 Å². The molecule has 4 nitrogen and oxygen atoms in total. The number of carbonyl (C=O) groups is 1. The molecule has 1 aliphatic heterocycles. The van der Waals surface area contributed by atoms with Crippen LogP contribution in [-0.2, 0) is 38.7 Å². The van der Waals surface area contributed by atoms with Crippen LogP contribution in [0.2, 0.25) is 0 Å². The second kappa shape index (κ2) is 7.66. The normalized spacial score (nSPS) is 13.0. The number of aliphatic hydroxyl groups excluding tert-OH is 1. The van der Waals surface area contributed by atoms with Gasteiger partial charge in [-0.05, 0) is 36.5 Å². The molecule has 0 saturated heterocycles. The van der Waals surface area contributed by atoms with Gasteiger partial charge in [0.1, 0.15) is 0 Å². The van der Waals surface area contributed by atoms with Gasteiger partial charge < -0.3 is 15.1 Å². The maximum atomic E-state index is 10.5. The minimum absolute atomic E-state index is 0. The summed E-state index contributed by atoms with van der Waals surface area (Å²) in [5.74, 6) is -0.750. The van der Waals surface area contributed by atoms with Gasteiger partial charge in [-0.15, -0.1) is 0 Å². The van der Waals surface area contributed by atoms with E-state index in [2.05, 4.69) is 17.0 Å². The van der Waals surface area contributed by atoms with E-state index < -0.39 is 5.97 Å². The average molecular weight is 433 g/mol. The third-order valence-electron chi connectivity index (χ3n) is 3.35. The number of hydrogen-bond donors (Lipinski definition) is 2. The summed E-state index contributed by atoms with van der Waals surface area (Å²) >= 11 is 0. The van der Waals surface area contributed by atoms with Crippen molar-refractivity contribution in [1.82, 2.24) is 0 Å². The number of aliphatic carboxylic acids is 1. The summed E-state index contributed by atoms with van der Waals surface area (Å²) in [6.45, 7) is 2.11. The molecule has 2 N–H and O–H groups in total. The number of hydrogen-bond acceptors (Lipinski definition) is 3. The summed E-state index contributed by atoms with van der Waals surface area (Å²) in [7, 11) is 0. The predicted octanol–water partition coefficient (Wildman–Crippen LogP) is 1.45. The Morgan fingerprint density at radius 1 is 1.37 bits per heavy atom. The van der Waals surface area contributed by atoms with Crippen LogP contribution >= 0.6 is 0 Å². The molecule has 0 saturated carbocycles. The molecule has 2 rings (SSSR count). The van der Waals surface area contributed by atoms with Gasteiger partial charge >= 0.3 is 5.97 Å². The van der Waals surface area contributed by atoms with Crippen LogP contribution in [0.3, 0.4) is 0 Å². The molecule has 1 aliphatic rings. The molecule has 0 radical (unpaired) electrons. The van der Waals surface area contributed by atoms with Gasteiger partial charge in [-0.1, -0.05) is 12.1 Å². The van der Waals surface area contributed by atoms with Gasteiger partial charge in [0.2, 0.25) is 0 Å². The number of nitrogens with zero attached hydrogens (tertiary/aromatic N) is 1.